The molecule has 5 aromatic carbocycles. The van der Waals surface area contributed by atoms with Crippen LogP contribution in [0.5, 0.6) is 0 Å². The van der Waals surface area contributed by atoms with Crippen molar-refractivity contribution >= 4 is 49.7 Å². The molecule has 6 aromatic rings. The highest BCUT2D eigenvalue weighted by atomic mass is 79.9. The average molecular weight is 957 g/mol. The van der Waals surface area contributed by atoms with E-state index in [1.54, 1.807) is 18.6 Å². The van der Waals surface area contributed by atoms with Crippen molar-refractivity contribution in [3.63, 3.8) is 0 Å². The largest absolute Gasteiger partial charge is 0.287 e. The van der Waals surface area contributed by atoms with Crippen molar-refractivity contribution in [2.24, 2.45) is 0 Å². The van der Waals surface area contributed by atoms with E-state index >= 15 is 35.1 Å². The zero-order chi connectivity index (χ0) is 45.7. The van der Waals surface area contributed by atoms with Crippen molar-refractivity contribution < 1.29 is 97.2 Å². The molecule has 0 radical (unpaired) electrons. The van der Waals surface area contributed by atoms with E-state index in [1.807, 2.05) is 34.9 Å². The summed E-state index contributed by atoms with van der Waals surface area (Å²) in [5.74, 6) is -71.3. The Hall–Kier alpha value is -6.01. The number of hydrogen-bond acceptors (Lipinski definition) is 2. The van der Waals surface area contributed by atoms with E-state index in [0.29, 0.717) is 6.54 Å². The molecular weight excluding hydrogens is 947 g/mol. The third-order valence-corrected chi connectivity index (χ3v) is 9.57. The first-order valence-corrected chi connectivity index (χ1v) is 16.6. The van der Waals surface area contributed by atoms with Crippen molar-refractivity contribution in [3.8, 4) is 0 Å². The molecule has 0 atom stereocenters. The van der Waals surface area contributed by atoms with Crippen LogP contribution in [0.4, 0.5) is 87.8 Å². The van der Waals surface area contributed by atoms with Crippen molar-refractivity contribution in [1.82, 2.24) is 4.98 Å². The van der Waals surface area contributed by atoms with Crippen LogP contribution in [-0.4, -0.2) is 16.9 Å². The Morgan fingerprint density at radius 2 is 0.705 bits per heavy atom. The summed E-state index contributed by atoms with van der Waals surface area (Å²) >= 11 is 3.35. The molecule has 320 valence electrons. The van der Waals surface area contributed by atoms with Crippen LogP contribution in [0.25, 0.3) is 0 Å². The summed E-state index contributed by atoms with van der Waals surface area (Å²) in [7, 11) is 0. The van der Waals surface area contributed by atoms with Gasteiger partial charge in [0.15, 0.2) is 76.0 Å². The Balaban J connectivity index is 0.000000366. The molecule has 0 spiro atoms. The van der Waals surface area contributed by atoms with Gasteiger partial charge in [0.2, 0.25) is 12.3 Å². The molecule has 0 saturated heterocycles. The molecule has 1 heterocycles. The van der Waals surface area contributed by atoms with E-state index in [9.17, 15) is 57.5 Å². The molecule has 0 unspecified atom stereocenters. The lowest BCUT2D eigenvalue weighted by molar-refractivity contribution is -0.694. The monoisotopic (exact) mass is 956 g/mol. The lowest BCUT2D eigenvalue weighted by atomic mass is 9.12. The summed E-state index contributed by atoms with van der Waals surface area (Å²) in [4.78, 5) is 15.9. The highest BCUT2D eigenvalue weighted by Crippen LogP contribution is 2.30. The van der Waals surface area contributed by atoms with Gasteiger partial charge in [-0.25, -0.2) is 87.8 Å². The van der Waals surface area contributed by atoms with Gasteiger partial charge >= 0.3 is 0 Å². The Kier molecular flexibility index (Phi) is 13.0. The summed E-state index contributed by atoms with van der Waals surface area (Å²) in [5, 5.41) is 0. The topological polar surface area (TPSA) is 33.8 Å². The van der Waals surface area contributed by atoms with Crippen molar-refractivity contribution in [3.05, 3.63) is 175 Å². The normalized spacial score (nSPS) is 11.5. The molecule has 3 nitrogen and oxygen atoms in total. The highest BCUT2D eigenvalue weighted by Gasteiger charge is 2.52. The van der Waals surface area contributed by atoms with Gasteiger partial charge < -0.3 is 0 Å². The minimum Gasteiger partial charge on any atom is -0.287 e. The summed E-state index contributed by atoms with van der Waals surface area (Å²) in [6.07, 6.45) is -2.13. The van der Waals surface area contributed by atoms with Gasteiger partial charge in [0.1, 0.15) is 58.9 Å². The molecule has 25 heteroatoms. The first kappa shape index (κ1) is 46.1. The maximum absolute atomic E-state index is 15.4. The van der Waals surface area contributed by atoms with Crippen LogP contribution in [-0.2, 0) is 6.54 Å². The SMILES string of the molecule is Fc1c(F)c(F)c([B-](c2c(F)c(F)c(F)c(F)c2F)(c2c(F)c(F)c(F)c(F)c2F)c2c(F)c(F)c(F)c(F)c2F)c(F)c1F.O=C(C[n+]1ccncc1Br)c1ccccc1. The zero-order valence-electron chi connectivity index (χ0n) is 28.6. The number of halogens is 21. The minimum absolute atomic E-state index is 0.0810. The van der Waals surface area contributed by atoms with Crippen LogP contribution in [0.2, 0.25) is 0 Å². The Morgan fingerprint density at radius 3 is 0.967 bits per heavy atom. The van der Waals surface area contributed by atoms with E-state index in [2.05, 4.69) is 20.9 Å². The second-order valence-corrected chi connectivity index (χ2v) is 12.9. The second-order valence-electron chi connectivity index (χ2n) is 12.1. The van der Waals surface area contributed by atoms with Gasteiger partial charge in [0.05, 0.1) is 6.20 Å². The molecule has 6 rings (SSSR count). The van der Waals surface area contributed by atoms with Crippen LogP contribution in [0, 0.1) is 116 Å². The number of hydrogen-bond donors (Lipinski definition) is 0. The molecule has 1 aromatic heterocycles. The van der Waals surface area contributed by atoms with Crippen molar-refractivity contribution in [2.45, 2.75) is 6.54 Å². The fraction of sp³-hybridized carbons (Fsp3) is 0.0278. The minimum atomic E-state index is -7.22. The summed E-state index contributed by atoms with van der Waals surface area (Å²) in [6, 6.07) is 9.25. The van der Waals surface area contributed by atoms with Crippen LogP contribution in [0.1, 0.15) is 10.4 Å². The molecule has 0 amide bonds. The standard InChI is InChI=1S/C24BF20.C12H10BrN2O/c26-5-1(6(27)14(35)21(42)13(5)34)25(2-7(28)15(36)22(43)16(37)8(2)29,3-9(30)17(38)23(44)18(39)10(3)31)4-11(32)19(40)24(45)20(41)12(4)33;13-12-8-14-6-7-15(12)9-11(16)10-4-2-1-3-5-10/h;1-8H,9H2/q-1;+1. The molecule has 0 saturated carbocycles. The summed E-state index contributed by atoms with van der Waals surface area (Å²) < 4.78 is 297. The number of carbonyl (C=O) groups excluding carboxylic acids is 1. The highest BCUT2D eigenvalue weighted by molar-refractivity contribution is 9.10. The smallest absolute Gasteiger partial charge is 0.266 e. The molecule has 0 aliphatic rings. The maximum atomic E-state index is 15.4. The molecule has 0 fully saturated rings. The van der Waals surface area contributed by atoms with E-state index in [0.717, 1.165) is 10.2 Å². The van der Waals surface area contributed by atoms with Crippen molar-refractivity contribution in [2.75, 3.05) is 0 Å². The molecule has 0 N–H and O–H groups in total. The predicted octanol–water partition coefficient (Wildman–Crippen LogP) is 7.86. The van der Waals surface area contributed by atoms with E-state index in [1.165, 1.54) is 0 Å². The summed E-state index contributed by atoms with van der Waals surface area (Å²) in [6.45, 7) is 0.313. The zero-order valence-corrected chi connectivity index (χ0v) is 30.2. The van der Waals surface area contributed by atoms with Crippen molar-refractivity contribution in [1.29, 1.82) is 0 Å². The van der Waals surface area contributed by atoms with Crippen LogP contribution < -0.4 is 26.4 Å². The first-order chi connectivity index (χ1) is 28.5. The van der Waals surface area contributed by atoms with Gasteiger partial charge in [-0.05, 0) is 0 Å². The Labute approximate surface area is 333 Å². The van der Waals surface area contributed by atoms with Gasteiger partial charge in [-0.1, -0.05) is 30.3 Å². The fourth-order valence-corrected chi connectivity index (χ4v) is 6.60. The first-order valence-electron chi connectivity index (χ1n) is 15.8. The number of carbonyl (C=O) groups is 1. The van der Waals surface area contributed by atoms with Crippen LogP contribution in [0.3, 0.4) is 0 Å². The lowest BCUT2D eigenvalue weighted by Crippen LogP contribution is -2.81. The lowest BCUT2D eigenvalue weighted by Gasteiger charge is -2.44. The van der Waals surface area contributed by atoms with Crippen LogP contribution >= 0.6 is 15.9 Å². The van der Waals surface area contributed by atoms with Gasteiger partial charge in [-0.15, -0.1) is 21.9 Å². The molecule has 0 aliphatic carbocycles. The molecule has 0 aliphatic heterocycles. The molecule has 0 bridgehead atoms. The number of aromatic nitrogens is 2. The Morgan fingerprint density at radius 1 is 0.443 bits per heavy atom. The van der Waals surface area contributed by atoms with E-state index < -0.39 is 144 Å². The fourth-order valence-electron chi connectivity index (χ4n) is 6.24. The van der Waals surface area contributed by atoms with Gasteiger partial charge in [0.25, 0.3) is 4.60 Å². The number of ketones is 1. The number of rotatable bonds is 7. The van der Waals surface area contributed by atoms with E-state index in [4.69, 9.17) is 0 Å². The second kappa shape index (κ2) is 17.2. The van der Waals surface area contributed by atoms with Gasteiger partial charge in [-0.3, -0.25) is 9.78 Å². The third-order valence-electron chi connectivity index (χ3n) is 8.90. The maximum Gasteiger partial charge on any atom is 0.266 e. The number of nitrogens with zero attached hydrogens (tertiary/aromatic N) is 2. The van der Waals surface area contributed by atoms with Gasteiger partial charge in [-0.2, -0.15) is 4.57 Å². The summed E-state index contributed by atoms with van der Waals surface area (Å²) in [5.41, 5.74) is -13.6. The molecular formula is C36H10BBrF20N2O. The van der Waals surface area contributed by atoms with E-state index in [-0.39, 0.29) is 5.78 Å². The number of benzene rings is 5. The quantitative estimate of drug-likeness (QED) is 0.0409. The predicted molar refractivity (Wildman–Crippen MR) is 172 cm³/mol. The van der Waals surface area contributed by atoms with Gasteiger partial charge in [0, 0.05) is 21.5 Å². The molecule has 61 heavy (non-hydrogen) atoms. The third kappa shape index (κ3) is 7.34. The number of Topliss-reactive ketones (excluding diaryl/α,β-unsaturated/α-hetero) is 1. The Bertz CT molecular complexity index is 2390. The van der Waals surface area contributed by atoms with Crippen LogP contribution in [0.15, 0.2) is 53.5 Å². The average Bonchev–Trinajstić information content (AvgIpc) is 3.24.